The summed E-state index contributed by atoms with van der Waals surface area (Å²) < 4.78 is 0. The van der Waals surface area contributed by atoms with Crippen LogP contribution in [0.4, 0.5) is 0 Å². The second kappa shape index (κ2) is 4.43. The Morgan fingerprint density at radius 2 is 1.65 bits per heavy atom. The molecule has 0 aliphatic heterocycles. The molecule has 0 radical (unpaired) electrons. The van der Waals surface area contributed by atoms with Crippen molar-refractivity contribution in [3.05, 3.63) is 23.5 Å². The summed E-state index contributed by atoms with van der Waals surface area (Å²) in [7, 11) is 0. The minimum Gasteiger partial charge on any atom is -0.346 e. The largest absolute Gasteiger partial charge is 0.346 e. The van der Waals surface area contributed by atoms with Gasteiger partial charge in [0, 0.05) is 11.0 Å². The molecule has 0 unspecified atom stereocenters. The van der Waals surface area contributed by atoms with Gasteiger partial charge in [-0.3, -0.25) is 4.79 Å². The molecule has 0 aliphatic carbocycles. The third kappa shape index (κ3) is 4.13. The number of carbonyl (C=O) groups excluding carboxylic acids is 1. The summed E-state index contributed by atoms with van der Waals surface area (Å²) in [4.78, 5) is 11.8. The molecule has 17 heavy (non-hydrogen) atoms. The highest BCUT2D eigenvalue weighted by molar-refractivity contribution is 5.92. The fourth-order valence-corrected chi connectivity index (χ4v) is 1.26. The Hall–Kier alpha value is -1.45. The lowest BCUT2D eigenvalue weighted by molar-refractivity contribution is 0.0913. The average Bonchev–Trinajstić information content (AvgIpc) is 2.14. The molecule has 0 saturated heterocycles. The van der Waals surface area contributed by atoms with E-state index in [1.54, 1.807) is 6.07 Å². The van der Waals surface area contributed by atoms with Crippen molar-refractivity contribution in [1.82, 2.24) is 15.5 Å². The molecule has 0 aliphatic rings. The van der Waals surface area contributed by atoms with E-state index in [0.717, 1.165) is 5.69 Å². The summed E-state index contributed by atoms with van der Waals surface area (Å²) in [6, 6.07) is 3.57. The van der Waals surface area contributed by atoms with Crippen molar-refractivity contribution in [3.63, 3.8) is 0 Å². The monoisotopic (exact) mass is 235 g/mol. The Kier molecular flexibility index (Phi) is 3.55. The van der Waals surface area contributed by atoms with Gasteiger partial charge in [0.25, 0.3) is 5.91 Å². The topological polar surface area (TPSA) is 54.9 Å². The molecule has 94 valence electrons. The van der Waals surface area contributed by atoms with Gasteiger partial charge in [-0.25, -0.2) is 0 Å². The standard InChI is InChI=1S/C13H21N3O/c1-12(2,3)10-8-7-9(15-16-10)11(17)14-13(4,5)6/h7-8H,1-6H3,(H,14,17). The molecule has 0 bridgehead atoms. The highest BCUT2D eigenvalue weighted by Gasteiger charge is 2.19. The van der Waals surface area contributed by atoms with Crippen LogP contribution in [0.25, 0.3) is 0 Å². The maximum absolute atomic E-state index is 11.8. The molecule has 0 saturated carbocycles. The van der Waals surface area contributed by atoms with E-state index in [4.69, 9.17) is 0 Å². The van der Waals surface area contributed by atoms with Crippen molar-refractivity contribution >= 4 is 5.91 Å². The molecular formula is C13H21N3O. The van der Waals surface area contributed by atoms with Crippen LogP contribution in [0.5, 0.6) is 0 Å². The first-order valence-corrected chi connectivity index (χ1v) is 5.76. The fraction of sp³-hybridized carbons (Fsp3) is 0.615. The first-order valence-electron chi connectivity index (χ1n) is 5.76. The van der Waals surface area contributed by atoms with E-state index in [2.05, 4.69) is 36.3 Å². The van der Waals surface area contributed by atoms with E-state index in [1.807, 2.05) is 26.8 Å². The first-order chi connectivity index (χ1) is 7.59. The van der Waals surface area contributed by atoms with Gasteiger partial charge in [0.15, 0.2) is 5.69 Å². The van der Waals surface area contributed by atoms with E-state index in [-0.39, 0.29) is 16.9 Å². The zero-order valence-electron chi connectivity index (χ0n) is 11.5. The molecule has 0 aromatic carbocycles. The van der Waals surface area contributed by atoms with Crippen LogP contribution >= 0.6 is 0 Å². The summed E-state index contributed by atoms with van der Waals surface area (Å²) in [5.74, 6) is -0.189. The van der Waals surface area contributed by atoms with Gasteiger partial charge in [0.1, 0.15) is 0 Å². The molecule has 1 amide bonds. The summed E-state index contributed by atoms with van der Waals surface area (Å²) >= 11 is 0. The molecule has 4 nitrogen and oxygen atoms in total. The van der Waals surface area contributed by atoms with Gasteiger partial charge in [0.05, 0.1) is 5.69 Å². The number of nitrogens with zero attached hydrogens (tertiary/aromatic N) is 2. The summed E-state index contributed by atoms with van der Waals surface area (Å²) in [5.41, 5.74) is 0.922. The summed E-state index contributed by atoms with van der Waals surface area (Å²) in [6.07, 6.45) is 0. The van der Waals surface area contributed by atoms with Gasteiger partial charge in [-0.2, -0.15) is 5.10 Å². The number of aromatic nitrogens is 2. The minimum atomic E-state index is -0.262. The molecule has 1 rings (SSSR count). The van der Waals surface area contributed by atoms with E-state index < -0.39 is 0 Å². The minimum absolute atomic E-state index is 0.0496. The van der Waals surface area contributed by atoms with Crippen LogP contribution in [0.3, 0.4) is 0 Å². The molecule has 0 fully saturated rings. The number of rotatable bonds is 1. The van der Waals surface area contributed by atoms with E-state index in [9.17, 15) is 4.79 Å². The lowest BCUT2D eigenvalue weighted by Crippen LogP contribution is -2.41. The smallest absolute Gasteiger partial charge is 0.272 e. The maximum Gasteiger partial charge on any atom is 0.272 e. The van der Waals surface area contributed by atoms with Gasteiger partial charge in [-0.15, -0.1) is 5.10 Å². The zero-order chi connectivity index (χ0) is 13.3. The van der Waals surface area contributed by atoms with Gasteiger partial charge < -0.3 is 5.32 Å². The van der Waals surface area contributed by atoms with Gasteiger partial charge >= 0.3 is 0 Å². The van der Waals surface area contributed by atoms with Gasteiger partial charge in [0.2, 0.25) is 0 Å². The highest BCUT2D eigenvalue weighted by atomic mass is 16.2. The maximum atomic E-state index is 11.8. The second-order valence-electron chi connectivity index (χ2n) is 6.26. The molecule has 0 atom stereocenters. The van der Waals surface area contributed by atoms with Crippen molar-refractivity contribution in [2.45, 2.75) is 52.5 Å². The predicted octanol–water partition coefficient (Wildman–Crippen LogP) is 2.30. The lowest BCUT2D eigenvalue weighted by Gasteiger charge is -2.20. The van der Waals surface area contributed by atoms with Crippen molar-refractivity contribution in [2.24, 2.45) is 0 Å². The highest BCUT2D eigenvalue weighted by Crippen LogP contribution is 2.18. The molecule has 1 aromatic heterocycles. The molecule has 1 aromatic rings. The Bertz CT molecular complexity index is 396. The van der Waals surface area contributed by atoms with Crippen LogP contribution in [0.15, 0.2) is 12.1 Å². The summed E-state index contributed by atoms with van der Waals surface area (Å²) in [5, 5.41) is 10.9. The lowest BCUT2D eigenvalue weighted by atomic mass is 9.92. The molecule has 0 spiro atoms. The van der Waals surface area contributed by atoms with Crippen LogP contribution in [0.1, 0.15) is 57.7 Å². The zero-order valence-corrected chi connectivity index (χ0v) is 11.5. The summed E-state index contributed by atoms with van der Waals surface area (Å²) in [6.45, 7) is 12.0. The number of hydrogen-bond donors (Lipinski definition) is 1. The van der Waals surface area contributed by atoms with Crippen LogP contribution in [-0.2, 0) is 5.41 Å². The van der Waals surface area contributed by atoms with Gasteiger partial charge in [-0.1, -0.05) is 20.8 Å². The Morgan fingerprint density at radius 3 is 2.00 bits per heavy atom. The van der Waals surface area contributed by atoms with Crippen molar-refractivity contribution in [3.8, 4) is 0 Å². The Balaban J connectivity index is 2.85. The fourth-order valence-electron chi connectivity index (χ4n) is 1.26. The number of nitrogens with one attached hydrogen (secondary N) is 1. The molecule has 4 heteroatoms. The van der Waals surface area contributed by atoms with Crippen molar-refractivity contribution < 1.29 is 4.79 Å². The normalized spacial score (nSPS) is 12.4. The molecule has 1 heterocycles. The van der Waals surface area contributed by atoms with Crippen LogP contribution < -0.4 is 5.32 Å². The second-order valence-corrected chi connectivity index (χ2v) is 6.26. The number of hydrogen-bond acceptors (Lipinski definition) is 3. The molecule has 1 N–H and O–H groups in total. The van der Waals surface area contributed by atoms with E-state index in [1.165, 1.54) is 0 Å². The quantitative estimate of drug-likeness (QED) is 0.812. The van der Waals surface area contributed by atoms with Crippen molar-refractivity contribution in [1.29, 1.82) is 0 Å². The van der Waals surface area contributed by atoms with Gasteiger partial charge in [-0.05, 0) is 32.9 Å². The van der Waals surface area contributed by atoms with Crippen molar-refractivity contribution in [2.75, 3.05) is 0 Å². The SMILES string of the molecule is CC(C)(C)NC(=O)c1ccc(C(C)(C)C)nn1. The van der Waals surface area contributed by atoms with Crippen LogP contribution in [0, 0.1) is 0 Å². The third-order valence-electron chi connectivity index (χ3n) is 2.15. The van der Waals surface area contributed by atoms with Crippen LogP contribution in [-0.4, -0.2) is 21.6 Å². The van der Waals surface area contributed by atoms with E-state index >= 15 is 0 Å². The molecular weight excluding hydrogens is 214 g/mol. The number of carbonyl (C=O) groups is 1. The van der Waals surface area contributed by atoms with E-state index in [0.29, 0.717) is 5.69 Å². The Labute approximate surface area is 103 Å². The first kappa shape index (κ1) is 13.6. The number of amides is 1. The van der Waals surface area contributed by atoms with Crippen LogP contribution in [0.2, 0.25) is 0 Å². The average molecular weight is 235 g/mol. The third-order valence-corrected chi connectivity index (χ3v) is 2.15. The Morgan fingerprint density at radius 1 is 1.06 bits per heavy atom. The predicted molar refractivity (Wildman–Crippen MR) is 68.0 cm³/mol.